The standard InChI is InChI=1S/C31H31N3O3/c1-22-6-8-23(9-7-22)10-11-24-12-14-25(15-13-24)19-34-30(27(20-35)21-37-34)31(36)32-17-16-26-18-33-29-5-3-2-4-28(26)29/h2-9,12-15,18,27,30,33,35H,16-17,19-21H2,1H3,(H,32,36)/t27-,30+/m1/s1. The number of aromatic amines is 1. The zero-order valence-electron chi connectivity index (χ0n) is 20.9. The Morgan fingerprint density at radius 1 is 1.05 bits per heavy atom. The minimum atomic E-state index is -0.547. The highest BCUT2D eigenvalue weighted by atomic mass is 16.7. The van der Waals surface area contributed by atoms with E-state index in [-0.39, 0.29) is 18.4 Å². The first-order chi connectivity index (χ1) is 18.1. The zero-order chi connectivity index (χ0) is 25.6. The van der Waals surface area contributed by atoms with Crippen molar-refractivity contribution in [1.82, 2.24) is 15.4 Å². The van der Waals surface area contributed by atoms with Crippen LogP contribution in [0.25, 0.3) is 10.9 Å². The van der Waals surface area contributed by atoms with Gasteiger partial charge in [-0.1, -0.05) is 59.9 Å². The van der Waals surface area contributed by atoms with Crippen molar-refractivity contribution in [3.8, 4) is 11.8 Å². The van der Waals surface area contributed by atoms with Gasteiger partial charge in [-0.05, 0) is 54.8 Å². The molecule has 0 unspecified atom stereocenters. The summed E-state index contributed by atoms with van der Waals surface area (Å²) in [6, 6.07) is 23.7. The number of benzene rings is 3. The summed E-state index contributed by atoms with van der Waals surface area (Å²) in [5, 5.41) is 15.8. The van der Waals surface area contributed by atoms with Crippen LogP contribution < -0.4 is 5.32 Å². The van der Waals surface area contributed by atoms with Crippen LogP contribution in [-0.4, -0.2) is 46.9 Å². The van der Waals surface area contributed by atoms with E-state index in [2.05, 4.69) is 47.3 Å². The minimum absolute atomic E-state index is 0.107. The molecule has 1 amide bonds. The van der Waals surface area contributed by atoms with Gasteiger partial charge in [-0.15, -0.1) is 0 Å². The first-order valence-electron chi connectivity index (χ1n) is 12.6. The lowest BCUT2D eigenvalue weighted by Crippen LogP contribution is -2.47. The predicted molar refractivity (Wildman–Crippen MR) is 144 cm³/mol. The summed E-state index contributed by atoms with van der Waals surface area (Å²) in [7, 11) is 0. The van der Waals surface area contributed by atoms with Gasteiger partial charge in [-0.3, -0.25) is 9.63 Å². The van der Waals surface area contributed by atoms with Gasteiger partial charge >= 0.3 is 0 Å². The molecule has 3 aromatic carbocycles. The number of H-pyrrole nitrogens is 1. The summed E-state index contributed by atoms with van der Waals surface area (Å²) < 4.78 is 0. The third kappa shape index (κ3) is 5.92. The molecule has 37 heavy (non-hydrogen) atoms. The van der Waals surface area contributed by atoms with Crippen LogP contribution in [0.2, 0.25) is 0 Å². The van der Waals surface area contributed by atoms with Crippen molar-refractivity contribution in [3.63, 3.8) is 0 Å². The molecule has 6 nitrogen and oxygen atoms in total. The Morgan fingerprint density at radius 3 is 2.49 bits per heavy atom. The number of aliphatic hydroxyl groups excluding tert-OH is 1. The van der Waals surface area contributed by atoms with Crippen molar-refractivity contribution < 1.29 is 14.7 Å². The van der Waals surface area contributed by atoms with E-state index in [0.29, 0.717) is 19.7 Å². The Hall–Kier alpha value is -3.89. The fraction of sp³-hybridized carbons (Fsp3) is 0.258. The van der Waals surface area contributed by atoms with Crippen molar-refractivity contribution >= 4 is 16.8 Å². The Bertz CT molecular complexity index is 1410. The quantitative estimate of drug-likeness (QED) is 0.341. The molecule has 2 heterocycles. The van der Waals surface area contributed by atoms with Gasteiger partial charge in [0.05, 0.1) is 19.8 Å². The van der Waals surface area contributed by atoms with Crippen LogP contribution >= 0.6 is 0 Å². The van der Waals surface area contributed by atoms with E-state index in [1.54, 1.807) is 5.06 Å². The zero-order valence-corrected chi connectivity index (χ0v) is 20.9. The van der Waals surface area contributed by atoms with E-state index in [0.717, 1.165) is 28.6 Å². The number of carbonyl (C=O) groups excluding carboxylic acids is 1. The van der Waals surface area contributed by atoms with Crippen molar-refractivity contribution in [1.29, 1.82) is 0 Å². The van der Waals surface area contributed by atoms with Crippen molar-refractivity contribution in [2.24, 2.45) is 5.92 Å². The first-order valence-corrected chi connectivity index (χ1v) is 12.6. The van der Waals surface area contributed by atoms with Gasteiger partial charge in [0.1, 0.15) is 6.04 Å². The second-order valence-corrected chi connectivity index (χ2v) is 9.47. The molecule has 3 N–H and O–H groups in total. The molecule has 0 spiro atoms. The number of nitrogens with one attached hydrogen (secondary N) is 2. The number of aromatic nitrogens is 1. The fourth-order valence-electron chi connectivity index (χ4n) is 4.66. The third-order valence-corrected chi connectivity index (χ3v) is 6.78. The molecular weight excluding hydrogens is 462 g/mol. The second-order valence-electron chi connectivity index (χ2n) is 9.47. The third-order valence-electron chi connectivity index (χ3n) is 6.78. The van der Waals surface area contributed by atoms with Gasteiger partial charge in [-0.25, -0.2) is 0 Å². The largest absolute Gasteiger partial charge is 0.396 e. The molecule has 0 aliphatic carbocycles. The summed E-state index contributed by atoms with van der Waals surface area (Å²) >= 11 is 0. The Morgan fingerprint density at radius 2 is 1.76 bits per heavy atom. The van der Waals surface area contributed by atoms with Gasteiger partial charge in [0.2, 0.25) is 5.91 Å². The maximum Gasteiger partial charge on any atom is 0.240 e. The Kier molecular flexibility index (Phi) is 7.67. The molecule has 5 rings (SSSR count). The lowest BCUT2D eigenvalue weighted by Gasteiger charge is -2.24. The molecule has 0 saturated carbocycles. The number of fused-ring (bicyclic) bond motifs is 1. The number of hydrogen-bond acceptors (Lipinski definition) is 4. The SMILES string of the molecule is Cc1ccc(C#Cc2ccc(CN3OC[C@@H](CO)[C@H]3C(=O)NCCc3c[nH]c4ccccc34)cc2)cc1. The maximum atomic E-state index is 13.1. The maximum absolute atomic E-state index is 13.1. The summed E-state index contributed by atoms with van der Waals surface area (Å²) in [5.74, 6) is 5.99. The summed E-state index contributed by atoms with van der Waals surface area (Å²) in [6.07, 6.45) is 2.71. The number of nitrogens with zero attached hydrogens (tertiary/aromatic N) is 1. The number of aryl methyl sites for hydroxylation is 1. The molecule has 2 atom stereocenters. The van der Waals surface area contributed by atoms with Crippen LogP contribution in [0.1, 0.15) is 27.8 Å². The normalized spacial score (nSPS) is 17.5. The second kappa shape index (κ2) is 11.4. The molecule has 0 bridgehead atoms. The fourth-order valence-corrected chi connectivity index (χ4v) is 4.66. The molecule has 1 fully saturated rings. The summed E-state index contributed by atoms with van der Waals surface area (Å²) in [5.41, 5.74) is 6.38. The van der Waals surface area contributed by atoms with Crippen LogP contribution in [0.4, 0.5) is 0 Å². The molecule has 1 aliphatic rings. The van der Waals surface area contributed by atoms with E-state index < -0.39 is 6.04 Å². The van der Waals surface area contributed by atoms with Crippen LogP contribution in [-0.2, 0) is 22.6 Å². The number of rotatable bonds is 7. The highest BCUT2D eigenvalue weighted by Gasteiger charge is 2.40. The molecule has 1 aromatic heterocycles. The predicted octanol–water partition coefficient (Wildman–Crippen LogP) is 3.96. The topological polar surface area (TPSA) is 77.6 Å². The van der Waals surface area contributed by atoms with Gasteiger partial charge in [-0.2, -0.15) is 5.06 Å². The molecule has 188 valence electrons. The average molecular weight is 494 g/mol. The molecular formula is C31H31N3O3. The molecule has 6 heteroatoms. The van der Waals surface area contributed by atoms with Gasteiger partial charge in [0, 0.05) is 40.7 Å². The van der Waals surface area contributed by atoms with Crippen LogP contribution in [0.3, 0.4) is 0 Å². The van der Waals surface area contributed by atoms with Crippen LogP contribution in [0.15, 0.2) is 79.0 Å². The first kappa shape index (κ1) is 24.8. The number of amides is 1. The monoisotopic (exact) mass is 493 g/mol. The number of hydrogen-bond donors (Lipinski definition) is 3. The Labute approximate surface area is 217 Å². The molecule has 0 radical (unpaired) electrons. The van der Waals surface area contributed by atoms with E-state index in [4.69, 9.17) is 4.84 Å². The lowest BCUT2D eigenvalue weighted by atomic mass is 10.0. The van der Waals surface area contributed by atoms with Crippen molar-refractivity contribution in [3.05, 3.63) is 107 Å². The van der Waals surface area contributed by atoms with Gasteiger partial charge < -0.3 is 15.4 Å². The Balaban J connectivity index is 1.19. The van der Waals surface area contributed by atoms with Crippen LogP contribution in [0.5, 0.6) is 0 Å². The van der Waals surface area contributed by atoms with Crippen molar-refractivity contribution in [2.75, 3.05) is 19.8 Å². The number of aliphatic hydroxyl groups is 1. The minimum Gasteiger partial charge on any atom is -0.396 e. The lowest BCUT2D eigenvalue weighted by molar-refractivity contribution is -0.157. The number of hydroxylamine groups is 2. The molecule has 1 aliphatic heterocycles. The van der Waals surface area contributed by atoms with E-state index >= 15 is 0 Å². The summed E-state index contributed by atoms with van der Waals surface area (Å²) in [6.45, 7) is 3.23. The molecule has 1 saturated heterocycles. The van der Waals surface area contributed by atoms with Crippen molar-refractivity contribution in [2.45, 2.75) is 25.9 Å². The highest BCUT2D eigenvalue weighted by Crippen LogP contribution is 2.24. The van der Waals surface area contributed by atoms with E-state index in [1.807, 2.05) is 60.8 Å². The van der Waals surface area contributed by atoms with E-state index in [9.17, 15) is 9.90 Å². The number of para-hydroxylation sites is 1. The van der Waals surface area contributed by atoms with Crippen LogP contribution in [0, 0.1) is 24.7 Å². The number of carbonyl (C=O) groups is 1. The van der Waals surface area contributed by atoms with E-state index in [1.165, 1.54) is 16.5 Å². The average Bonchev–Trinajstić information content (AvgIpc) is 3.53. The highest BCUT2D eigenvalue weighted by molar-refractivity contribution is 5.84. The molecule has 4 aromatic rings. The summed E-state index contributed by atoms with van der Waals surface area (Å²) in [4.78, 5) is 22.2. The van der Waals surface area contributed by atoms with Gasteiger partial charge in [0.25, 0.3) is 0 Å². The smallest absolute Gasteiger partial charge is 0.240 e. The van der Waals surface area contributed by atoms with Gasteiger partial charge in [0.15, 0.2) is 0 Å².